The van der Waals surface area contributed by atoms with Crippen LogP contribution in [0.5, 0.6) is 0 Å². The Hall–Kier alpha value is -0.870. The Morgan fingerprint density at radius 3 is 2.82 bits per heavy atom. The number of aliphatic hydroxyl groups excluding tert-OH is 1. The van der Waals surface area contributed by atoms with Crippen molar-refractivity contribution in [2.24, 2.45) is 5.92 Å². The number of aromatic nitrogens is 2. The quantitative estimate of drug-likeness (QED) is 0.871. The number of aliphatic hydroxyl groups is 1. The van der Waals surface area contributed by atoms with Crippen molar-refractivity contribution in [2.75, 3.05) is 11.9 Å². The van der Waals surface area contributed by atoms with Crippen LogP contribution in [0.4, 0.5) is 5.95 Å². The third-order valence-electron chi connectivity index (χ3n) is 3.39. The molecule has 0 aliphatic heterocycles. The van der Waals surface area contributed by atoms with E-state index in [0.717, 1.165) is 19.3 Å². The van der Waals surface area contributed by atoms with Crippen molar-refractivity contribution in [1.29, 1.82) is 0 Å². The molecular weight excluding hydrogens is 238 g/mol. The Labute approximate surface area is 106 Å². The number of nitrogens with one attached hydrogen (secondary N) is 1. The van der Waals surface area contributed by atoms with Crippen molar-refractivity contribution in [3.8, 4) is 0 Å². The van der Waals surface area contributed by atoms with Crippen LogP contribution in [0.2, 0.25) is 5.02 Å². The maximum absolute atomic E-state index is 9.63. The molecular formula is C12H18ClN3O. The molecule has 0 amide bonds. The Kier molecular flexibility index (Phi) is 3.84. The largest absolute Gasteiger partial charge is 0.394 e. The first-order valence-corrected chi connectivity index (χ1v) is 6.38. The monoisotopic (exact) mass is 255 g/mol. The second-order valence-electron chi connectivity index (χ2n) is 4.99. The Balaban J connectivity index is 2.10. The summed E-state index contributed by atoms with van der Waals surface area (Å²) in [4.78, 5) is 8.25. The number of anilines is 1. The van der Waals surface area contributed by atoms with Crippen LogP contribution in [0.15, 0.2) is 12.4 Å². The zero-order valence-corrected chi connectivity index (χ0v) is 10.7. The summed E-state index contributed by atoms with van der Waals surface area (Å²) in [5.41, 5.74) is -0.272. The molecule has 2 rings (SSSR count). The fraction of sp³-hybridized carbons (Fsp3) is 0.667. The van der Waals surface area contributed by atoms with Gasteiger partial charge < -0.3 is 10.4 Å². The Morgan fingerprint density at radius 2 is 2.24 bits per heavy atom. The van der Waals surface area contributed by atoms with Crippen LogP contribution < -0.4 is 5.32 Å². The minimum absolute atomic E-state index is 0.114. The summed E-state index contributed by atoms with van der Waals surface area (Å²) in [6.07, 6.45) is 7.39. The maximum Gasteiger partial charge on any atom is 0.223 e. The highest BCUT2D eigenvalue weighted by Crippen LogP contribution is 2.34. The van der Waals surface area contributed by atoms with E-state index in [1.807, 2.05) is 0 Å². The number of halogens is 1. The van der Waals surface area contributed by atoms with Crippen molar-refractivity contribution in [1.82, 2.24) is 9.97 Å². The smallest absolute Gasteiger partial charge is 0.223 e. The van der Waals surface area contributed by atoms with Gasteiger partial charge in [0.2, 0.25) is 5.95 Å². The minimum Gasteiger partial charge on any atom is -0.394 e. The second kappa shape index (κ2) is 5.19. The van der Waals surface area contributed by atoms with Crippen LogP contribution >= 0.6 is 11.6 Å². The predicted octanol–water partition coefficient (Wildman–Crippen LogP) is 2.48. The number of nitrogens with zero attached hydrogens (tertiary/aromatic N) is 2. The summed E-state index contributed by atoms with van der Waals surface area (Å²) in [5, 5.41) is 13.4. The molecule has 2 N–H and O–H groups in total. The van der Waals surface area contributed by atoms with Gasteiger partial charge in [0.15, 0.2) is 0 Å². The van der Waals surface area contributed by atoms with E-state index in [0.29, 0.717) is 16.9 Å². The van der Waals surface area contributed by atoms with E-state index in [1.165, 1.54) is 6.42 Å². The van der Waals surface area contributed by atoms with Crippen LogP contribution in [-0.4, -0.2) is 27.2 Å². The van der Waals surface area contributed by atoms with Gasteiger partial charge in [0.25, 0.3) is 0 Å². The van der Waals surface area contributed by atoms with E-state index in [-0.39, 0.29) is 12.1 Å². The standard InChI is InChI=1S/C12H18ClN3O/c1-9-3-2-4-12(5-9,8-17)16-11-14-6-10(13)7-15-11/h6-7,9,17H,2-5,8H2,1H3,(H,14,15,16). The van der Waals surface area contributed by atoms with Crippen molar-refractivity contribution in [3.05, 3.63) is 17.4 Å². The first kappa shape index (κ1) is 12.6. The van der Waals surface area contributed by atoms with E-state index in [9.17, 15) is 5.11 Å². The van der Waals surface area contributed by atoms with Gasteiger partial charge >= 0.3 is 0 Å². The summed E-state index contributed by atoms with van der Waals surface area (Å²) in [5.74, 6) is 1.16. The van der Waals surface area contributed by atoms with Gasteiger partial charge in [-0.2, -0.15) is 0 Å². The van der Waals surface area contributed by atoms with Crippen LogP contribution in [0, 0.1) is 5.92 Å². The lowest BCUT2D eigenvalue weighted by atomic mass is 9.77. The average Bonchev–Trinajstić information content (AvgIpc) is 2.32. The predicted molar refractivity (Wildman–Crippen MR) is 68.1 cm³/mol. The number of hydrogen-bond donors (Lipinski definition) is 2. The molecule has 2 atom stereocenters. The number of rotatable bonds is 3. The molecule has 94 valence electrons. The molecule has 0 aromatic carbocycles. The van der Waals surface area contributed by atoms with Crippen LogP contribution in [0.3, 0.4) is 0 Å². The van der Waals surface area contributed by atoms with E-state index < -0.39 is 0 Å². The van der Waals surface area contributed by atoms with Gasteiger partial charge in [-0.15, -0.1) is 0 Å². The normalized spacial score (nSPS) is 29.0. The third kappa shape index (κ3) is 3.07. The summed E-state index contributed by atoms with van der Waals surface area (Å²) >= 11 is 5.74. The van der Waals surface area contributed by atoms with E-state index in [4.69, 9.17) is 11.6 Å². The van der Waals surface area contributed by atoms with Gasteiger partial charge in [-0.25, -0.2) is 9.97 Å². The van der Waals surface area contributed by atoms with Gasteiger partial charge in [-0.05, 0) is 18.8 Å². The highest BCUT2D eigenvalue weighted by Gasteiger charge is 2.34. The van der Waals surface area contributed by atoms with Gasteiger partial charge in [0.05, 0.1) is 29.6 Å². The molecule has 1 aromatic heterocycles. The first-order valence-electron chi connectivity index (χ1n) is 6.00. The third-order valence-corrected chi connectivity index (χ3v) is 3.59. The summed E-state index contributed by atoms with van der Waals surface area (Å²) in [6, 6.07) is 0. The Bertz CT molecular complexity index is 371. The molecule has 0 bridgehead atoms. The summed E-state index contributed by atoms with van der Waals surface area (Å²) in [6.45, 7) is 2.33. The molecule has 1 aliphatic rings. The minimum atomic E-state index is -0.272. The van der Waals surface area contributed by atoms with Crippen LogP contribution in [-0.2, 0) is 0 Å². The molecule has 1 fully saturated rings. The topological polar surface area (TPSA) is 58.0 Å². The molecule has 1 aromatic rings. The molecule has 1 saturated carbocycles. The van der Waals surface area contributed by atoms with Gasteiger partial charge in [-0.1, -0.05) is 31.4 Å². The highest BCUT2D eigenvalue weighted by molar-refractivity contribution is 6.30. The van der Waals surface area contributed by atoms with Crippen molar-refractivity contribution < 1.29 is 5.11 Å². The van der Waals surface area contributed by atoms with E-state index >= 15 is 0 Å². The lowest BCUT2D eigenvalue weighted by molar-refractivity contribution is 0.149. The second-order valence-corrected chi connectivity index (χ2v) is 5.43. The molecule has 1 aliphatic carbocycles. The van der Waals surface area contributed by atoms with Crippen LogP contribution in [0.1, 0.15) is 32.6 Å². The Morgan fingerprint density at radius 1 is 1.53 bits per heavy atom. The summed E-state index contributed by atoms with van der Waals surface area (Å²) < 4.78 is 0. The molecule has 1 heterocycles. The van der Waals surface area contributed by atoms with Gasteiger partial charge in [0, 0.05) is 0 Å². The van der Waals surface area contributed by atoms with Crippen molar-refractivity contribution >= 4 is 17.5 Å². The summed E-state index contributed by atoms with van der Waals surface area (Å²) in [7, 11) is 0. The zero-order valence-electron chi connectivity index (χ0n) is 9.99. The molecule has 17 heavy (non-hydrogen) atoms. The van der Waals surface area contributed by atoms with Gasteiger partial charge in [-0.3, -0.25) is 0 Å². The molecule has 0 spiro atoms. The molecule has 0 radical (unpaired) electrons. The lowest BCUT2D eigenvalue weighted by Crippen LogP contribution is -2.46. The molecule has 0 saturated heterocycles. The maximum atomic E-state index is 9.63. The highest BCUT2D eigenvalue weighted by atomic mass is 35.5. The lowest BCUT2D eigenvalue weighted by Gasteiger charge is -2.39. The van der Waals surface area contributed by atoms with E-state index in [2.05, 4.69) is 22.2 Å². The average molecular weight is 256 g/mol. The van der Waals surface area contributed by atoms with Crippen molar-refractivity contribution in [3.63, 3.8) is 0 Å². The van der Waals surface area contributed by atoms with Gasteiger partial charge in [0.1, 0.15) is 0 Å². The first-order chi connectivity index (χ1) is 8.13. The SMILES string of the molecule is CC1CCCC(CO)(Nc2ncc(Cl)cn2)C1. The molecule has 4 nitrogen and oxygen atoms in total. The molecule has 2 unspecified atom stereocenters. The number of hydrogen-bond acceptors (Lipinski definition) is 4. The van der Waals surface area contributed by atoms with Crippen molar-refractivity contribution in [2.45, 2.75) is 38.1 Å². The molecule has 5 heteroatoms. The van der Waals surface area contributed by atoms with E-state index in [1.54, 1.807) is 12.4 Å². The fourth-order valence-corrected chi connectivity index (χ4v) is 2.67. The van der Waals surface area contributed by atoms with Crippen LogP contribution in [0.25, 0.3) is 0 Å². The zero-order chi connectivity index (χ0) is 12.3. The fourth-order valence-electron chi connectivity index (χ4n) is 2.57.